The number of benzene rings is 1. The maximum atomic E-state index is 5.83. The van der Waals surface area contributed by atoms with Crippen LogP contribution in [0.15, 0.2) is 22.9 Å². The number of nitrogens with two attached hydrogens (primary N) is 1. The number of hydrogen-bond donors (Lipinski definition) is 1. The van der Waals surface area contributed by atoms with Crippen molar-refractivity contribution in [3.63, 3.8) is 0 Å². The molecule has 1 unspecified atom stereocenters. The summed E-state index contributed by atoms with van der Waals surface area (Å²) < 4.78 is 6.80. The molecule has 1 aromatic carbocycles. The average molecular weight is 324 g/mol. The molecule has 0 radical (unpaired) electrons. The van der Waals surface area contributed by atoms with Crippen LogP contribution in [-0.2, 0) is 0 Å². The van der Waals surface area contributed by atoms with Gasteiger partial charge in [-0.05, 0) is 38.8 Å². The molecule has 4 nitrogen and oxygen atoms in total. The Hall–Kier alpha value is -1.20. The second-order valence-electron chi connectivity index (χ2n) is 4.73. The van der Waals surface area contributed by atoms with Gasteiger partial charge in [0.05, 0.1) is 6.61 Å². The first-order valence-corrected chi connectivity index (χ1v) is 7.16. The Balaban J connectivity index is 2.20. The van der Waals surface area contributed by atoms with Crippen molar-refractivity contribution >= 4 is 26.8 Å². The summed E-state index contributed by atoms with van der Waals surface area (Å²) in [4.78, 5) is 8.52. The fraction of sp³-hybridized carbons (Fsp3) is 0.429. The van der Waals surface area contributed by atoms with E-state index < -0.39 is 0 Å². The molecule has 0 spiro atoms. The van der Waals surface area contributed by atoms with Gasteiger partial charge in [-0.15, -0.1) is 0 Å². The van der Waals surface area contributed by atoms with E-state index in [1.165, 1.54) is 0 Å². The molecule has 0 fully saturated rings. The molecule has 0 amide bonds. The van der Waals surface area contributed by atoms with Gasteiger partial charge in [-0.3, -0.25) is 0 Å². The lowest BCUT2D eigenvalue weighted by molar-refractivity contribution is 0.305. The molecule has 0 saturated carbocycles. The fourth-order valence-electron chi connectivity index (χ4n) is 1.92. The van der Waals surface area contributed by atoms with Crippen LogP contribution in [0.5, 0.6) is 5.75 Å². The van der Waals surface area contributed by atoms with Gasteiger partial charge >= 0.3 is 0 Å². The van der Waals surface area contributed by atoms with Crippen molar-refractivity contribution in [3.8, 4) is 5.75 Å². The van der Waals surface area contributed by atoms with Gasteiger partial charge in [-0.1, -0.05) is 15.9 Å². The van der Waals surface area contributed by atoms with Crippen LogP contribution in [0.3, 0.4) is 0 Å². The van der Waals surface area contributed by atoms with Crippen LogP contribution in [0.1, 0.15) is 25.5 Å². The zero-order chi connectivity index (χ0) is 13.8. The molecule has 2 rings (SSSR count). The summed E-state index contributed by atoms with van der Waals surface area (Å²) in [7, 11) is 0. The quantitative estimate of drug-likeness (QED) is 0.858. The highest BCUT2D eigenvalue weighted by molar-refractivity contribution is 9.10. The average Bonchev–Trinajstić information content (AvgIpc) is 2.35. The van der Waals surface area contributed by atoms with Gasteiger partial charge in [0, 0.05) is 21.6 Å². The summed E-state index contributed by atoms with van der Waals surface area (Å²) in [6, 6.07) is 4.17. The van der Waals surface area contributed by atoms with Crippen molar-refractivity contribution in [2.24, 2.45) is 5.73 Å². The zero-order valence-electron chi connectivity index (χ0n) is 11.2. The van der Waals surface area contributed by atoms with E-state index in [1.54, 1.807) is 6.33 Å². The summed E-state index contributed by atoms with van der Waals surface area (Å²) in [6.07, 6.45) is 3.47. The van der Waals surface area contributed by atoms with E-state index in [-0.39, 0.29) is 6.04 Å². The molecule has 1 aromatic heterocycles. The van der Waals surface area contributed by atoms with Crippen LogP contribution in [0.4, 0.5) is 0 Å². The van der Waals surface area contributed by atoms with Gasteiger partial charge in [-0.25, -0.2) is 9.97 Å². The monoisotopic (exact) mass is 323 g/mol. The van der Waals surface area contributed by atoms with Crippen molar-refractivity contribution in [1.29, 1.82) is 0 Å². The predicted octanol–water partition coefficient (Wildman–Crippen LogP) is 3.21. The molecule has 0 bridgehead atoms. The highest BCUT2D eigenvalue weighted by Gasteiger charge is 2.08. The molecule has 0 saturated heterocycles. The third-order valence-corrected chi connectivity index (χ3v) is 3.39. The largest absolute Gasteiger partial charge is 0.491 e. The number of ether oxygens (including phenoxy) is 1. The Bertz CT molecular complexity index is 572. The molecular weight excluding hydrogens is 306 g/mol. The summed E-state index contributed by atoms with van der Waals surface area (Å²) in [5.74, 6) is 0.791. The van der Waals surface area contributed by atoms with E-state index in [0.717, 1.165) is 39.7 Å². The van der Waals surface area contributed by atoms with Crippen molar-refractivity contribution in [3.05, 3.63) is 28.6 Å². The molecule has 2 N–H and O–H groups in total. The minimum absolute atomic E-state index is 0.215. The van der Waals surface area contributed by atoms with Gasteiger partial charge in [0.15, 0.2) is 0 Å². The summed E-state index contributed by atoms with van der Waals surface area (Å²) >= 11 is 3.49. The van der Waals surface area contributed by atoms with E-state index in [4.69, 9.17) is 10.5 Å². The first-order valence-electron chi connectivity index (χ1n) is 6.37. The van der Waals surface area contributed by atoms with Gasteiger partial charge in [0.25, 0.3) is 0 Å². The number of aryl methyl sites for hydroxylation is 1. The SMILES string of the molecule is Cc1ncnc2c(OCCCC(C)N)cc(Br)cc12. The fourth-order valence-corrected chi connectivity index (χ4v) is 2.36. The van der Waals surface area contributed by atoms with Crippen LogP contribution in [0.25, 0.3) is 10.9 Å². The highest BCUT2D eigenvalue weighted by Crippen LogP contribution is 2.29. The van der Waals surface area contributed by atoms with Crippen molar-refractivity contribution in [2.45, 2.75) is 32.7 Å². The molecule has 1 heterocycles. The summed E-state index contributed by atoms with van der Waals surface area (Å²) in [5.41, 5.74) is 7.53. The summed E-state index contributed by atoms with van der Waals surface area (Å²) in [6.45, 7) is 4.62. The van der Waals surface area contributed by atoms with Crippen LogP contribution >= 0.6 is 15.9 Å². The smallest absolute Gasteiger partial charge is 0.146 e. The van der Waals surface area contributed by atoms with Crippen molar-refractivity contribution in [1.82, 2.24) is 9.97 Å². The second kappa shape index (κ2) is 6.30. The van der Waals surface area contributed by atoms with E-state index in [0.29, 0.717) is 6.61 Å². The number of aromatic nitrogens is 2. The molecular formula is C14H18BrN3O. The van der Waals surface area contributed by atoms with Gasteiger partial charge in [0.2, 0.25) is 0 Å². The lowest BCUT2D eigenvalue weighted by atomic mass is 10.2. The minimum Gasteiger partial charge on any atom is -0.491 e. The minimum atomic E-state index is 0.215. The molecule has 0 aliphatic carbocycles. The van der Waals surface area contributed by atoms with Crippen LogP contribution < -0.4 is 10.5 Å². The lowest BCUT2D eigenvalue weighted by Crippen LogP contribution is -2.15. The van der Waals surface area contributed by atoms with E-state index >= 15 is 0 Å². The van der Waals surface area contributed by atoms with Crippen molar-refractivity contribution < 1.29 is 4.74 Å². The number of fused-ring (bicyclic) bond motifs is 1. The first-order chi connectivity index (χ1) is 9.08. The Morgan fingerprint density at radius 1 is 1.37 bits per heavy atom. The Morgan fingerprint density at radius 3 is 2.89 bits per heavy atom. The maximum absolute atomic E-state index is 5.83. The maximum Gasteiger partial charge on any atom is 0.146 e. The number of halogens is 1. The molecule has 19 heavy (non-hydrogen) atoms. The molecule has 102 valence electrons. The molecule has 5 heteroatoms. The topological polar surface area (TPSA) is 61.0 Å². The van der Waals surface area contributed by atoms with Crippen LogP contribution in [0, 0.1) is 6.92 Å². The third kappa shape index (κ3) is 3.64. The standard InChI is InChI=1S/C14H18BrN3O/c1-9(16)4-3-5-19-13-7-11(15)6-12-10(2)17-8-18-14(12)13/h6-9H,3-5,16H2,1-2H3. The molecule has 0 aliphatic rings. The van der Waals surface area contributed by atoms with Gasteiger partial charge < -0.3 is 10.5 Å². The summed E-state index contributed by atoms with van der Waals surface area (Å²) in [5, 5.41) is 1.01. The van der Waals surface area contributed by atoms with Crippen molar-refractivity contribution in [2.75, 3.05) is 6.61 Å². The van der Waals surface area contributed by atoms with Crippen LogP contribution in [-0.4, -0.2) is 22.6 Å². The van der Waals surface area contributed by atoms with E-state index in [2.05, 4.69) is 25.9 Å². The predicted molar refractivity (Wildman–Crippen MR) is 80.4 cm³/mol. The Morgan fingerprint density at radius 2 is 2.16 bits per heavy atom. The second-order valence-corrected chi connectivity index (χ2v) is 5.64. The van der Waals surface area contributed by atoms with Gasteiger partial charge in [0.1, 0.15) is 17.6 Å². The Kier molecular flexibility index (Phi) is 4.71. The van der Waals surface area contributed by atoms with Gasteiger partial charge in [-0.2, -0.15) is 0 Å². The normalized spacial score (nSPS) is 12.6. The zero-order valence-corrected chi connectivity index (χ0v) is 12.8. The van der Waals surface area contributed by atoms with E-state index in [1.807, 2.05) is 26.0 Å². The van der Waals surface area contributed by atoms with Crippen LogP contribution in [0.2, 0.25) is 0 Å². The lowest BCUT2D eigenvalue weighted by Gasteiger charge is -2.11. The molecule has 0 aliphatic heterocycles. The number of hydrogen-bond acceptors (Lipinski definition) is 4. The molecule has 1 atom stereocenters. The highest BCUT2D eigenvalue weighted by atomic mass is 79.9. The van der Waals surface area contributed by atoms with E-state index in [9.17, 15) is 0 Å². The Labute approximate surface area is 121 Å². The number of rotatable bonds is 5. The molecule has 2 aromatic rings. The first kappa shape index (κ1) is 14.2. The third-order valence-electron chi connectivity index (χ3n) is 2.93. The number of nitrogens with zero attached hydrogens (tertiary/aromatic N) is 2.